The van der Waals surface area contributed by atoms with Gasteiger partial charge >= 0.3 is 39.5 Å². The van der Waals surface area contributed by atoms with Gasteiger partial charge in [-0.05, 0) is 31.6 Å². The van der Waals surface area contributed by atoms with Crippen LogP contribution in [0.3, 0.4) is 0 Å². The molecule has 0 aromatic rings. The minimum atomic E-state index is -4.96. The van der Waals surface area contributed by atoms with Gasteiger partial charge in [-0.3, -0.25) is 37.3 Å². The van der Waals surface area contributed by atoms with Crippen LogP contribution in [-0.2, 0) is 65.4 Å². The number of hydrogen-bond acceptors (Lipinski definition) is 15. The average molecular weight is 1510 g/mol. The van der Waals surface area contributed by atoms with Crippen molar-refractivity contribution in [1.29, 1.82) is 0 Å². The zero-order valence-corrected chi connectivity index (χ0v) is 69.3. The standard InChI is InChI=1S/C84H164O17P2/c1-6-10-13-16-19-21-23-25-27-29-31-32-34-36-42-46-50-55-60-65-70-84(89)101-80(74-95-82(87)68-63-58-53-48-44-40-38-37-39-43-47-52-56-61-66-77(5)9-4)76-99-103(92,93)97-72-78(85)71-96-102(90,91)98-75-79(73-94-81(86)67-62-57-51-18-15-12-8-3)100-83(88)69-64-59-54-49-45-41-35-33-30-28-26-24-22-20-17-14-11-7-2/h77-80,85H,6-76H2,1-5H3,(H,90,91)(H,92,93)/t77?,78-,79+,80+/m0/s1. The topological polar surface area (TPSA) is 237 Å². The summed E-state index contributed by atoms with van der Waals surface area (Å²) >= 11 is 0. The molecule has 0 amide bonds. The van der Waals surface area contributed by atoms with Gasteiger partial charge in [0.05, 0.1) is 26.4 Å². The summed E-state index contributed by atoms with van der Waals surface area (Å²) < 4.78 is 68.7. The zero-order chi connectivity index (χ0) is 75.5. The van der Waals surface area contributed by atoms with Crippen LogP contribution in [0.5, 0.6) is 0 Å². The molecule has 103 heavy (non-hydrogen) atoms. The Morgan fingerprint density at radius 1 is 0.272 bits per heavy atom. The van der Waals surface area contributed by atoms with Gasteiger partial charge in [-0.25, -0.2) is 9.13 Å². The zero-order valence-electron chi connectivity index (χ0n) is 67.5. The van der Waals surface area contributed by atoms with E-state index in [2.05, 4.69) is 34.6 Å². The van der Waals surface area contributed by atoms with Crippen LogP contribution in [0, 0.1) is 5.92 Å². The Morgan fingerprint density at radius 2 is 0.466 bits per heavy atom. The average Bonchev–Trinajstić information content (AvgIpc) is 0.913. The van der Waals surface area contributed by atoms with Crippen LogP contribution in [0.25, 0.3) is 0 Å². The molecule has 0 radical (unpaired) electrons. The summed E-state index contributed by atoms with van der Waals surface area (Å²) in [6.07, 6.45) is 69.6. The fraction of sp³-hybridized carbons (Fsp3) is 0.952. The van der Waals surface area contributed by atoms with Gasteiger partial charge in [-0.15, -0.1) is 0 Å². The number of carbonyl (C=O) groups excluding carboxylic acids is 4. The van der Waals surface area contributed by atoms with E-state index in [0.717, 1.165) is 109 Å². The normalized spacial score (nSPS) is 14.1. The summed E-state index contributed by atoms with van der Waals surface area (Å²) in [5, 5.41) is 10.6. The fourth-order valence-electron chi connectivity index (χ4n) is 13.1. The van der Waals surface area contributed by atoms with Gasteiger partial charge in [-0.1, -0.05) is 401 Å². The number of carbonyl (C=O) groups is 4. The first-order valence-corrected chi connectivity index (χ1v) is 46.7. The number of aliphatic hydroxyl groups is 1. The number of rotatable bonds is 84. The van der Waals surface area contributed by atoms with Crippen molar-refractivity contribution in [3.05, 3.63) is 0 Å². The van der Waals surface area contributed by atoms with Crippen LogP contribution in [-0.4, -0.2) is 96.7 Å². The summed E-state index contributed by atoms with van der Waals surface area (Å²) in [6.45, 7) is 7.37. The van der Waals surface area contributed by atoms with Gasteiger partial charge in [0.1, 0.15) is 19.3 Å². The number of phosphoric acid groups is 2. The molecule has 0 aliphatic rings. The van der Waals surface area contributed by atoms with Crippen molar-refractivity contribution >= 4 is 39.5 Å². The first-order chi connectivity index (χ1) is 50.1. The van der Waals surface area contributed by atoms with Crippen molar-refractivity contribution < 1.29 is 80.2 Å². The van der Waals surface area contributed by atoms with Crippen molar-refractivity contribution in [3.8, 4) is 0 Å². The van der Waals surface area contributed by atoms with E-state index in [-0.39, 0.29) is 25.7 Å². The molecule has 3 unspecified atom stereocenters. The Bertz CT molecular complexity index is 1960. The maximum Gasteiger partial charge on any atom is 0.472 e. The Kier molecular flexibility index (Phi) is 75.4. The summed E-state index contributed by atoms with van der Waals surface area (Å²) in [7, 11) is -9.92. The van der Waals surface area contributed by atoms with Crippen molar-refractivity contribution in [2.24, 2.45) is 5.92 Å². The largest absolute Gasteiger partial charge is 0.472 e. The molecular formula is C84H164O17P2. The SMILES string of the molecule is CCCCCCCCCCCCCCCCCCCCCCC(=O)O[C@H](COC(=O)CCCCCCCCCCCCCCCCC(C)CC)COP(=O)(O)OC[C@@H](O)COP(=O)(O)OC[C@@H](COC(=O)CCCCCCCCC)OC(=O)CCCCCCCCCCCCCCCCCCCC. The molecular weight excluding hydrogens is 1340 g/mol. The molecule has 612 valence electrons. The molecule has 0 saturated heterocycles. The maximum atomic E-state index is 13.1. The Labute approximate surface area is 632 Å². The van der Waals surface area contributed by atoms with E-state index >= 15 is 0 Å². The number of ether oxygens (including phenoxy) is 4. The van der Waals surface area contributed by atoms with Crippen LogP contribution < -0.4 is 0 Å². The van der Waals surface area contributed by atoms with E-state index in [9.17, 15) is 43.2 Å². The lowest BCUT2D eigenvalue weighted by atomic mass is 9.99. The molecule has 0 fully saturated rings. The molecule has 0 saturated carbocycles. The number of esters is 4. The Balaban J connectivity index is 5.17. The predicted octanol–water partition coefficient (Wildman–Crippen LogP) is 25.6. The van der Waals surface area contributed by atoms with E-state index in [1.54, 1.807) is 0 Å². The fourth-order valence-corrected chi connectivity index (χ4v) is 14.7. The van der Waals surface area contributed by atoms with Gasteiger partial charge in [0, 0.05) is 25.7 Å². The van der Waals surface area contributed by atoms with Crippen LogP contribution >= 0.6 is 15.6 Å². The molecule has 0 aromatic heterocycles. The smallest absolute Gasteiger partial charge is 0.462 e. The van der Waals surface area contributed by atoms with Crippen LogP contribution in [0.15, 0.2) is 0 Å². The second-order valence-corrected chi connectivity index (χ2v) is 33.4. The van der Waals surface area contributed by atoms with E-state index in [1.807, 2.05) is 0 Å². The molecule has 0 rings (SSSR count). The second-order valence-electron chi connectivity index (χ2n) is 30.5. The lowest BCUT2D eigenvalue weighted by Crippen LogP contribution is -2.30. The van der Waals surface area contributed by atoms with Crippen molar-refractivity contribution in [2.45, 2.75) is 470 Å². The van der Waals surface area contributed by atoms with Crippen LogP contribution in [0.2, 0.25) is 0 Å². The highest BCUT2D eigenvalue weighted by Gasteiger charge is 2.30. The van der Waals surface area contributed by atoms with E-state index in [0.29, 0.717) is 25.7 Å². The minimum Gasteiger partial charge on any atom is -0.462 e. The molecule has 0 aromatic carbocycles. The van der Waals surface area contributed by atoms with Gasteiger partial charge < -0.3 is 33.8 Å². The summed E-state index contributed by atoms with van der Waals surface area (Å²) in [4.78, 5) is 73.0. The quantitative estimate of drug-likeness (QED) is 0.0222. The molecule has 6 atom stereocenters. The van der Waals surface area contributed by atoms with Gasteiger partial charge in [0.25, 0.3) is 0 Å². The third-order valence-electron chi connectivity index (χ3n) is 20.1. The van der Waals surface area contributed by atoms with Crippen LogP contribution in [0.4, 0.5) is 0 Å². The molecule has 0 aliphatic heterocycles. The first kappa shape index (κ1) is 101. The van der Waals surface area contributed by atoms with Crippen LogP contribution in [0.1, 0.15) is 452 Å². The Hall–Kier alpha value is -1.94. The highest BCUT2D eigenvalue weighted by molar-refractivity contribution is 7.47. The number of phosphoric ester groups is 2. The number of aliphatic hydroxyl groups excluding tert-OH is 1. The third-order valence-corrected chi connectivity index (χ3v) is 22.0. The first-order valence-electron chi connectivity index (χ1n) is 43.7. The lowest BCUT2D eigenvalue weighted by Gasteiger charge is -2.21. The summed E-state index contributed by atoms with van der Waals surface area (Å²) in [6, 6.07) is 0. The van der Waals surface area contributed by atoms with E-state index in [4.69, 9.17) is 37.0 Å². The molecule has 0 spiro atoms. The van der Waals surface area contributed by atoms with Gasteiger partial charge in [0.15, 0.2) is 12.2 Å². The van der Waals surface area contributed by atoms with E-state index < -0.39 is 97.5 Å². The minimum absolute atomic E-state index is 0.109. The summed E-state index contributed by atoms with van der Waals surface area (Å²) in [5.74, 6) is -1.26. The maximum absolute atomic E-state index is 13.1. The molecule has 19 heteroatoms. The predicted molar refractivity (Wildman–Crippen MR) is 423 cm³/mol. The highest BCUT2D eigenvalue weighted by atomic mass is 31.2. The Morgan fingerprint density at radius 3 is 0.689 bits per heavy atom. The third kappa shape index (κ3) is 76.6. The van der Waals surface area contributed by atoms with Crippen molar-refractivity contribution in [2.75, 3.05) is 39.6 Å². The van der Waals surface area contributed by atoms with E-state index in [1.165, 1.54) is 263 Å². The second kappa shape index (κ2) is 76.8. The molecule has 0 bridgehead atoms. The summed E-state index contributed by atoms with van der Waals surface area (Å²) in [5.41, 5.74) is 0. The molecule has 3 N–H and O–H groups in total. The number of unbranched alkanes of at least 4 members (excludes halogenated alkanes) is 55. The molecule has 0 heterocycles. The molecule has 17 nitrogen and oxygen atoms in total. The highest BCUT2D eigenvalue weighted by Crippen LogP contribution is 2.45. The van der Waals surface area contributed by atoms with Gasteiger partial charge in [0.2, 0.25) is 0 Å². The monoisotopic (exact) mass is 1510 g/mol. The molecule has 0 aliphatic carbocycles. The van der Waals surface area contributed by atoms with Crippen molar-refractivity contribution in [3.63, 3.8) is 0 Å². The van der Waals surface area contributed by atoms with Gasteiger partial charge in [-0.2, -0.15) is 0 Å². The lowest BCUT2D eigenvalue weighted by molar-refractivity contribution is -0.161. The van der Waals surface area contributed by atoms with Crippen molar-refractivity contribution in [1.82, 2.24) is 0 Å². The number of hydrogen-bond donors (Lipinski definition) is 3.